The summed E-state index contributed by atoms with van der Waals surface area (Å²) in [7, 11) is 0. The minimum Gasteiger partial charge on any atom is -0.456 e. The van der Waals surface area contributed by atoms with Crippen LogP contribution in [-0.2, 0) is 6.42 Å². The summed E-state index contributed by atoms with van der Waals surface area (Å²) in [5.41, 5.74) is 2.60. The minimum absolute atomic E-state index is 0.535. The largest absolute Gasteiger partial charge is 0.456 e. The molecule has 0 saturated carbocycles. The van der Waals surface area contributed by atoms with E-state index in [1.54, 1.807) is 0 Å². The van der Waals surface area contributed by atoms with Crippen LogP contribution in [-0.4, -0.2) is 0 Å². The molecule has 0 fully saturated rings. The van der Waals surface area contributed by atoms with Crippen molar-refractivity contribution < 1.29 is 4.74 Å². The molecule has 0 amide bonds. The van der Waals surface area contributed by atoms with Gasteiger partial charge in [-0.05, 0) is 54.8 Å². The van der Waals surface area contributed by atoms with Crippen molar-refractivity contribution in [3.8, 4) is 17.6 Å². The van der Waals surface area contributed by atoms with E-state index in [4.69, 9.17) is 21.6 Å². The fourth-order valence-electron chi connectivity index (χ4n) is 1.83. The Kier molecular flexibility index (Phi) is 4.09. The van der Waals surface area contributed by atoms with Crippen LogP contribution in [0.3, 0.4) is 0 Å². The molecule has 2 aromatic carbocycles. The van der Waals surface area contributed by atoms with E-state index in [1.807, 2.05) is 50.2 Å². The van der Waals surface area contributed by atoms with E-state index in [9.17, 15) is 0 Å². The molecule has 0 aliphatic rings. The number of nitriles is 1. The summed E-state index contributed by atoms with van der Waals surface area (Å²) < 4.78 is 5.77. The summed E-state index contributed by atoms with van der Waals surface area (Å²) in [5, 5.41) is 9.85. The Hall–Kier alpha value is -1.98. The zero-order valence-electron chi connectivity index (χ0n) is 10.9. The molecule has 0 aromatic heterocycles. The van der Waals surface area contributed by atoms with Gasteiger partial charge in [-0.25, -0.2) is 0 Å². The molecule has 0 heterocycles. The van der Waals surface area contributed by atoms with Gasteiger partial charge in [-0.3, -0.25) is 0 Å². The molecule has 0 atom stereocenters. The molecule has 2 rings (SSSR count). The summed E-state index contributed by atoms with van der Waals surface area (Å²) in [6.07, 6.45) is 0.842. The molecule has 2 nitrogen and oxygen atoms in total. The summed E-state index contributed by atoms with van der Waals surface area (Å²) in [6.45, 7) is 3.99. The molecule has 19 heavy (non-hydrogen) atoms. The van der Waals surface area contributed by atoms with Gasteiger partial charge in [0.2, 0.25) is 0 Å². The van der Waals surface area contributed by atoms with Gasteiger partial charge in [0.25, 0.3) is 0 Å². The molecule has 0 aliphatic carbocycles. The van der Waals surface area contributed by atoms with E-state index >= 15 is 0 Å². The van der Waals surface area contributed by atoms with Crippen LogP contribution in [0.5, 0.6) is 11.5 Å². The van der Waals surface area contributed by atoms with Crippen molar-refractivity contribution in [2.75, 3.05) is 0 Å². The third-order valence-corrected chi connectivity index (χ3v) is 3.25. The first-order valence-electron chi connectivity index (χ1n) is 6.11. The van der Waals surface area contributed by atoms with E-state index in [0.717, 1.165) is 22.6 Å². The lowest BCUT2D eigenvalue weighted by molar-refractivity contribution is 0.480. The van der Waals surface area contributed by atoms with Gasteiger partial charge in [-0.1, -0.05) is 24.6 Å². The van der Waals surface area contributed by atoms with E-state index < -0.39 is 0 Å². The topological polar surface area (TPSA) is 33.0 Å². The van der Waals surface area contributed by atoms with Crippen molar-refractivity contribution in [1.82, 2.24) is 0 Å². The monoisotopic (exact) mass is 271 g/mol. The molecule has 0 spiro atoms. The molecule has 0 N–H and O–H groups in total. The number of nitrogens with zero attached hydrogens (tertiary/aromatic N) is 1. The highest BCUT2D eigenvalue weighted by molar-refractivity contribution is 6.31. The lowest BCUT2D eigenvalue weighted by Crippen LogP contribution is -1.91. The van der Waals surface area contributed by atoms with Crippen LogP contribution in [0.2, 0.25) is 5.02 Å². The first-order chi connectivity index (χ1) is 9.13. The van der Waals surface area contributed by atoms with Crippen molar-refractivity contribution in [1.29, 1.82) is 5.26 Å². The zero-order valence-corrected chi connectivity index (χ0v) is 11.7. The summed E-state index contributed by atoms with van der Waals surface area (Å²) >= 11 is 6.07. The maximum absolute atomic E-state index is 9.11. The average Bonchev–Trinajstić information content (AvgIpc) is 2.42. The third kappa shape index (κ3) is 3.07. The van der Waals surface area contributed by atoms with Crippen LogP contribution >= 0.6 is 11.6 Å². The van der Waals surface area contributed by atoms with Crippen LogP contribution in [0.4, 0.5) is 0 Å². The number of halogens is 1. The Morgan fingerprint density at radius 1 is 1.21 bits per heavy atom. The highest BCUT2D eigenvalue weighted by Gasteiger charge is 2.06. The maximum atomic E-state index is 9.11. The molecule has 0 unspecified atom stereocenters. The highest BCUT2D eigenvalue weighted by Crippen LogP contribution is 2.29. The number of benzene rings is 2. The number of aryl methyl sites for hydroxylation is 2. The van der Waals surface area contributed by atoms with Crippen LogP contribution in [0.15, 0.2) is 36.4 Å². The molecule has 0 saturated heterocycles. The SMILES string of the molecule is CCc1cc(Oc2ccc(C)cc2C#N)ccc1Cl. The van der Waals surface area contributed by atoms with Crippen molar-refractivity contribution in [3.05, 3.63) is 58.1 Å². The van der Waals surface area contributed by atoms with E-state index in [-0.39, 0.29) is 0 Å². The summed E-state index contributed by atoms with van der Waals surface area (Å²) in [5.74, 6) is 1.26. The van der Waals surface area contributed by atoms with Crippen LogP contribution in [0, 0.1) is 18.3 Å². The second-order valence-electron chi connectivity index (χ2n) is 4.32. The van der Waals surface area contributed by atoms with Gasteiger partial charge in [0.15, 0.2) is 0 Å². The van der Waals surface area contributed by atoms with Gasteiger partial charge in [-0.15, -0.1) is 0 Å². The maximum Gasteiger partial charge on any atom is 0.145 e. The Morgan fingerprint density at radius 3 is 2.68 bits per heavy atom. The lowest BCUT2D eigenvalue weighted by Gasteiger charge is -2.10. The molecule has 0 bridgehead atoms. The predicted molar refractivity (Wildman–Crippen MR) is 76.8 cm³/mol. The zero-order chi connectivity index (χ0) is 13.8. The van der Waals surface area contributed by atoms with E-state index in [0.29, 0.717) is 17.1 Å². The second-order valence-corrected chi connectivity index (χ2v) is 4.73. The molecule has 0 aliphatic heterocycles. The summed E-state index contributed by atoms with van der Waals surface area (Å²) in [6, 6.07) is 13.2. The summed E-state index contributed by atoms with van der Waals surface area (Å²) in [4.78, 5) is 0. The Labute approximate surface area is 118 Å². The fraction of sp³-hybridized carbons (Fsp3) is 0.188. The lowest BCUT2D eigenvalue weighted by atomic mass is 10.1. The number of ether oxygens (including phenoxy) is 1. The van der Waals surface area contributed by atoms with Crippen molar-refractivity contribution in [2.24, 2.45) is 0 Å². The fourth-order valence-corrected chi connectivity index (χ4v) is 2.08. The highest BCUT2D eigenvalue weighted by atomic mass is 35.5. The normalized spacial score (nSPS) is 10.0. The number of hydrogen-bond donors (Lipinski definition) is 0. The van der Waals surface area contributed by atoms with Gasteiger partial charge >= 0.3 is 0 Å². The number of rotatable bonds is 3. The quantitative estimate of drug-likeness (QED) is 0.797. The van der Waals surface area contributed by atoms with Crippen molar-refractivity contribution in [2.45, 2.75) is 20.3 Å². The molecular formula is C16H14ClNO. The molecular weight excluding hydrogens is 258 g/mol. The van der Waals surface area contributed by atoms with Gasteiger partial charge in [0.1, 0.15) is 17.6 Å². The molecule has 3 heteroatoms. The van der Waals surface area contributed by atoms with Crippen LogP contribution < -0.4 is 4.74 Å². The van der Waals surface area contributed by atoms with E-state index in [2.05, 4.69) is 6.07 Å². The van der Waals surface area contributed by atoms with Crippen molar-refractivity contribution in [3.63, 3.8) is 0 Å². The Balaban J connectivity index is 2.34. The van der Waals surface area contributed by atoms with Gasteiger partial charge in [0, 0.05) is 5.02 Å². The first kappa shape index (κ1) is 13.5. The smallest absolute Gasteiger partial charge is 0.145 e. The number of hydrogen-bond acceptors (Lipinski definition) is 2. The standard InChI is InChI=1S/C16H14ClNO/c1-3-12-9-14(5-6-15(12)17)19-16-7-4-11(2)8-13(16)10-18/h4-9H,3H2,1-2H3. The molecule has 2 aromatic rings. The minimum atomic E-state index is 0.535. The third-order valence-electron chi connectivity index (χ3n) is 2.88. The molecule has 96 valence electrons. The van der Waals surface area contributed by atoms with Gasteiger partial charge in [-0.2, -0.15) is 5.26 Å². The van der Waals surface area contributed by atoms with Crippen LogP contribution in [0.25, 0.3) is 0 Å². The Morgan fingerprint density at radius 2 is 2.00 bits per heavy atom. The van der Waals surface area contributed by atoms with Gasteiger partial charge < -0.3 is 4.74 Å². The van der Waals surface area contributed by atoms with Crippen molar-refractivity contribution >= 4 is 11.6 Å². The van der Waals surface area contributed by atoms with E-state index in [1.165, 1.54) is 0 Å². The van der Waals surface area contributed by atoms with Gasteiger partial charge in [0.05, 0.1) is 5.56 Å². The first-order valence-corrected chi connectivity index (χ1v) is 6.49. The Bertz CT molecular complexity index is 644. The predicted octanol–water partition coefficient (Wildman–Crippen LogP) is 4.87. The average molecular weight is 272 g/mol. The molecule has 0 radical (unpaired) electrons. The second kappa shape index (κ2) is 5.77. The van der Waals surface area contributed by atoms with Crippen LogP contribution in [0.1, 0.15) is 23.6 Å².